The number of amides is 1. The molecule has 5 atom stereocenters. The summed E-state index contributed by atoms with van der Waals surface area (Å²) in [5, 5.41) is 41.5. The van der Waals surface area contributed by atoms with Crippen molar-refractivity contribution in [2.24, 2.45) is 0 Å². The Hall–Kier alpha value is -1.68. The van der Waals surface area contributed by atoms with Gasteiger partial charge in [-0.05, 0) is 24.3 Å². The summed E-state index contributed by atoms with van der Waals surface area (Å²) in [6.45, 7) is -0.563. The summed E-state index contributed by atoms with van der Waals surface area (Å²) in [7, 11) is 0. The number of carbonyl (C=O) groups is 1. The topological polar surface area (TPSA) is 128 Å². The van der Waals surface area contributed by atoms with Gasteiger partial charge < -0.3 is 35.2 Å². The van der Waals surface area contributed by atoms with E-state index in [2.05, 4.69) is 5.32 Å². The number of hydrogen-bond donors (Lipinski definition) is 5. The minimum atomic E-state index is -1.56. The van der Waals surface area contributed by atoms with Gasteiger partial charge in [0, 0.05) is 10.6 Å². The fraction of sp³-hybridized carbons (Fsp3) is 0.438. The Bertz CT molecular complexity index is 693. The lowest BCUT2D eigenvalue weighted by Crippen LogP contribution is -2.63. The molecular weight excluding hydrogens is 354 g/mol. The fourth-order valence-corrected chi connectivity index (χ4v) is 2.90. The molecule has 0 radical (unpaired) electrons. The lowest BCUT2D eigenvalue weighted by atomic mass is 9.98. The van der Waals surface area contributed by atoms with Crippen molar-refractivity contribution in [3.05, 3.63) is 34.4 Å². The summed E-state index contributed by atoms with van der Waals surface area (Å²) in [5.74, 6) is 0.0174. The molecule has 136 valence electrons. The summed E-state index contributed by atoms with van der Waals surface area (Å²) in [5.41, 5.74) is 0.907. The van der Waals surface area contributed by atoms with Crippen LogP contribution in [0.3, 0.4) is 0 Å². The quantitative estimate of drug-likeness (QED) is 0.462. The molecule has 2 aliphatic heterocycles. The molecule has 9 heteroatoms. The summed E-state index contributed by atoms with van der Waals surface area (Å²) >= 11 is 5.93. The zero-order valence-corrected chi connectivity index (χ0v) is 13.8. The molecule has 2 aliphatic rings. The predicted octanol–water partition coefficient (Wildman–Crippen LogP) is -0.968. The summed E-state index contributed by atoms with van der Waals surface area (Å²) in [6.07, 6.45) is -5.38. The summed E-state index contributed by atoms with van der Waals surface area (Å²) < 4.78 is 10.7. The molecule has 8 nitrogen and oxygen atoms in total. The third kappa shape index (κ3) is 3.64. The Morgan fingerprint density at radius 1 is 1.24 bits per heavy atom. The molecule has 0 spiro atoms. The van der Waals surface area contributed by atoms with Crippen LogP contribution < -0.4 is 10.1 Å². The zero-order valence-electron chi connectivity index (χ0n) is 13.0. The van der Waals surface area contributed by atoms with E-state index in [9.17, 15) is 20.1 Å². The van der Waals surface area contributed by atoms with E-state index in [0.29, 0.717) is 16.3 Å². The molecule has 3 rings (SSSR count). The van der Waals surface area contributed by atoms with E-state index < -0.39 is 43.2 Å². The highest BCUT2D eigenvalue weighted by molar-refractivity contribution is 6.30. The van der Waals surface area contributed by atoms with Crippen LogP contribution in [0.15, 0.2) is 23.8 Å². The fourth-order valence-electron chi connectivity index (χ4n) is 2.72. The van der Waals surface area contributed by atoms with E-state index in [-0.39, 0.29) is 12.2 Å². The first-order valence-electron chi connectivity index (χ1n) is 7.65. The highest BCUT2D eigenvalue weighted by atomic mass is 35.5. The van der Waals surface area contributed by atoms with Crippen LogP contribution in [0.1, 0.15) is 5.56 Å². The molecule has 0 aliphatic carbocycles. The van der Waals surface area contributed by atoms with Gasteiger partial charge in [0.05, 0.1) is 12.2 Å². The zero-order chi connectivity index (χ0) is 18.1. The van der Waals surface area contributed by atoms with Crippen molar-refractivity contribution in [3.8, 4) is 5.75 Å². The maximum atomic E-state index is 12.4. The number of fused-ring (bicyclic) bond motifs is 1. The van der Waals surface area contributed by atoms with Crippen LogP contribution >= 0.6 is 11.6 Å². The van der Waals surface area contributed by atoms with Crippen molar-refractivity contribution in [2.45, 2.75) is 30.6 Å². The number of carbonyl (C=O) groups excluding carboxylic acids is 1. The highest BCUT2D eigenvalue weighted by Gasteiger charge is 2.44. The van der Waals surface area contributed by atoms with E-state index in [1.165, 1.54) is 0 Å². The first-order valence-corrected chi connectivity index (χ1v) is 8.03. The summed E-state index contributed by atoms with van der Waals surface area (Å²) in [4.78, 5) is 12.4. The van der Waals surface area contributed by atoms with Crippen LogP contribution in [-0.4, -0.2) is 70.2 Å². The number of aliphatic hydroxyl groups is 4. The molecule has 0 bridgehead atoms. The molecule has 2 heterocycles. The predicted molar refractivity (Wildman–Crippen MR) is 86.8 cm³/mol. The number of aliphatic hydroxyl groups excluding tert-OH is 4. The van der Waals surface area contributed by atoms with E-state index in [1.807, 2.05) is 0 Å². The maximum absolute atomic E-state index is 12.4. The average Bonchev–Trinajstić information content (AvgIpc) is 2.61. The van der Waals surface area contributed by atoms with E-state index >= 15 is 0 Å². The number of nitrogens with one attached hydrogen (secondary N) is 1. The average molecular weight is 372 g/mol. The number of benzene rings is 1. The molecule has 0 aromatic heterocycles. The van der Waals surface area contributed by atoms with Gasteiger partial charge in [-0.3, -0.25) is 4.79 Å². The van der Waals surface area contributed by atoms with Crippen LogP contribution in [0.2, 0.25) is 5.02 Å². The molecule has 0 saturated carbocycles. The maximum Gasteiger partial charge on any atom is 0.252 e. The van der Waals surface area contributed by atoms with Gasteiger partial charge in [0.2, 0.25) is 0 Å². The largest absolute Gasteiger partial charge is 0.488 e. The van der Waals surface area contributed by atoms with Gasteiger partial charge in [-0.1, -0.05) is 11.6 Å². The van der Waals surface area contributed by atoms with Crippen LogP contribution in [0, 0.1) is 0 Å². The number of rotatable bonds is 3. The highest BCUT2D eigenvalue weighted by Crippen LogP contribution is 2.29. The molecule has 1 fully saturated rings. The smallest absolute Gasteiger partial charge is 0.252 e. The molecule has 5 N–H and O–H groups in total. The first-order chi connectivity index (χ1) is 11.9. The van der Waals surface area contributed by atoms with Crippen molar-refractivity contribution < 1.29 is 34.7 Å². The van der Waals surface area contributed by atoms with Crippen molar-refractivity contribution in [1.29, 1.82) is 0 Å². The van der Waals surface area contributed by atoms with Crippen LogP contribution in [0.4, 0.5) is 0 Å². The molecule has 25 heavy (non-hydrogen) atoms. The van der Waals surface area contributed by atoms with Crippen molar-refractivity contribution in [2.75, 3.05) is 13.2 Å². The third-order valence-corrected chi connectivity index (χ3v) is 4.38. The van der Waals surface area contributed by atoms with Crippen molar-refractivity contribution >= 4 is 23.6 Å². The monoisotopic (exact) mass is 371 g/mol. The van der Waals surface area contributed by atoms with E-state index in [1.54, 1.807) is 24.3 Å². The number of hydrogen-bond acceptors (Lipinski definition) is 7. The molecule has 1 aromatic rings. The van der Waals surface area contributed by atoms with Crippen molar-refractivity contribution in [1.82, 2.24) is 5.32 Å². The van der Waals surface area contributed by atoms with Gasteiger partial charge in [0.1, 0.15) is 36.8 Å². The van der Waals surface area contributed by atoms with Crippen LogP contribution in [-0.2, 0) is 9.53 Å². The third-order valence-electron chi connectivity index (χ3n) is 4.14. The molecule has 1 aromatic carbocycles. The van der Waals surface area contributed by atoms with Gasteiger partial charge in [0.15, 0.2) is 6.23 Å². The Morgan fingerprint density at radius 2 is 2.00 bits per heavy atom. The molecule has 0 unspecified atom stereocenters. The van der Waals surface area contributed by atoms with E-state index in [0.717, 1.165) is 0 Å². The van der Waals surface area contributed by atoms with Crippen LogP contribution in [0.5, 0.6) is 5.75 Å². The standard InChI is InChI=1S/C16H18ClNO7/c17-9-1-2-10-7(4-9)3-8(6-24-10)15(23)18-16-14(22)13(21)12(20)11(5-19)25-16/h1-4,11-14,16,19-22H,5-6H2,(H,18,23)/t11-,12-,13+,14-,16-/m1/s1. The lowest BCUT2D eigenvalue weighted by Gasteiger charge is -2.40. The first kappa shape index (κ1) is 18.1. The summed E-state index contributed by atoms with van der Waals surface area (Å²) in [6, 6.07) is 5.02. The van der Waals surface area contributed by atoms with Crippen LogP contribution in [0.25, 0.3) is 6.08 Å². The lowest BCUT2D eigenvalue weighted by molar-refractivity contribution is -0.235. The second-order valence-corrected chi connectivity index (χ2v) is 6.30. The van der Waals surface area contributed by atoms with Gasteiger partial charge in [-0.2, -0.15) is 0 Å². The molecular formula is C16H18ClNO7. The van der Waals surface area contributed by atoms with Gasteiger partial charge in [0.25, 0.3) is 5.91 Å². The van der Waals surface area contributed by atoms with Gasteiger partial charge in [-0.25, -0.2) is 0 Å². The Balaban J connectivity index is 1.74. The minimum absolute atomic E-state index is 0.0118. The number of ether oxygens (including phenoxy) is 2. The Morgan fingerprint density at radius 3 is 2.72 bits per heavy atom. The normalized spacial score (nSPS) is 31.6. The van der Waals surface area contributed by atoms with Gasteiger partial charge in [-0.15, -0.1) is 0 Å². The molecule has 1 amide bonds. The Labute approximate surface area is 148 Å². The Kier molecular flexibility index (Phi) is 5.28. The number of halogens is 1. The van der Waals surface area contributed by atoms with E-state index in [4.69, 9.17) is 26.2 Å². The minimum Gasteiger partial charge on any atom is -0.488 e. The second kappa shape index (κ2) is 7.28. The van der Waals surface area contributed by atoms with Crippen molar-refractivity contribution in [3.63, 3.8) is 0 Å². The molecule has 1 saturated heterocycles. The SMILES string of the molecule is O=C(N[C@@H]1O[C@H](CO)[C@@H](O)[C@H](O)[C@H]1O)C1=Cc2cc(Cl)ccc2OC1. The van der Waals surface area contributed by atoms with Gasteiger partial charge >= 0.3 is 0 Å². The second-order valence-electron chi connectivity index (χ2n) is 5.86.